The van der Waals surface area contributed by atoms with E-state index in [4.69, 9.17) is 21.8 Å². The van der Waals surface area contributed by atoms with Crippen LogP contribution in [0.25, 0.3) is 0 Å². The number of rotatable bonds is 3. The first kappa shape index (κ1) is 11.8. The van der Waals surface area contributed by atoms with Crippen LogP contribution in [0, 0.1) is 0 Å². The summed E-state index contributed by atoms with van der Waals surface area (Å²) in [6.45, 7) is 1.54. The number of benzene rings is 1. The Labute approximate surface area is 92.5 Å². The highest BCUT2D eigenvalue weighted by molar-refractivity contribution is 6.34. The van der Waals surface area contributed by atoms with Crippen LogP contribution in [0.1, 0.15) is 17.3 Å². The van der Waals surface area contributed by atoms with Crippen molar-refractivity contribution in [2.75, 3.05) is 6.61 Å². The molecule has 0 bridgehead atoms. The van der Waals surface area contributed by atoms with Crippen molar-refractivity contribution in [3.63, 3.8) is 0 Å². The molecule has 0 aliphatic carbocycles. The van der Waals surface area contributed by atoms with Gasteiger partial charge in [0, 0.05) is 6.04 Å². The van der Waals surface area contributed by atoms with Crippen LogP contribution in [-0.2, 0) is 0 Å². The standard InChI is InChI=1S/C10H12ClNO3/c1-6(5-13)12-10(15)8-3-2-7(14)4-9(8)11/h2-4,6,13-14H,5H2,1H3,(H,12,15). The van der Waals surface area contributed by atoms with Gasteiger partial charge in [0.15, 0.2) is 0 Å². The number of carbonyl (C=O) groups is 1. The summed E-state index contributed by atoms with van der Waals surface area (Å²) < 4.78 is 0. The van der Waals surface area contributed by atoms with Gasteiger partial charge < -0.3 is 15.5 Å². The summed E-state index contributed by atoms with van der Waals surface area (Å²) in [5, 5.41) is 20.6. The van der Waals surface area contributed by atoms with Crippen molar-refractivity contribution in [1.29, 1.82) is 0 Å². The number of nitrogens with one attached hydrogen (secondary N) is 1. The maximum absolute atomic E-state index is 11.6. The zero-order valence-electron chi connectivity index (χ0n) is 8.20. The maximum atomic E-state index is 11.6. The summed E-state index contributed by atoms with van der Waals surface area (Å²) in [6.07, 6.45) is 0. The summed E-state index contributed by atoms with van der Waals surface area (Å²) in [5.41, 5.74) is 0.273. The molecule has 0 radical (unpaired) electrons. The Bertz CT molecular complexity index is 368. The average Bonchev–Trinajstić information content (AvgIpc) is 2.17. The molecule has 3 N–H and O–H groups in total. The van der Waals surface area contributed by atoms with Crippen molar-refractivity contribution in [3.8, 4) is 5.75 Å². The normalized spacial score (nSPS) is 12.2. The summed E-state index contributed by atoms with van der Waals surface area (Å²) in [5.74, 6) is -0.367. The lowest BCUT2D eigenvalue weighted by atomic mass is 10.2. The van der Waals surface area contributed by atoms with Crippen molar-refractivity contribution in [2.24, 2.45) is 0 Å². The van der Waals surface area contributed by atoms with E-state index in [2.05, 4.69) is 5.32 Å². The molecule has 1 atom stereocenters. The molecule has 4 nitrogen and oxygen atoms in total. The lowest BCUT2D eigenvalue weighted by Gasteiger charge is -2.11. The van der Waals surface area contributed by atoms with Gasteiger partial charge in [-0.25, -0.2) is 0 Å². The zero-order chi connectivity index (χ0) is 11.4. The second kappa shape index (κ2) is 5.00. The molecule has 0 saturated heterocycles. The lowest BCUT2D eigenvalue weighted by Crippen LogP contribution is -2.35. The first-order valence-corrected chi connectivity index (χ1v) is 4.82. The minimum atomic E-state index is -0.374. The third-order valence-electron chi connectivity index (χ3n) is 1.85. The number of amides is 1. The number of carbonyl (C=O) groups excluding carboxylic acids is 1. The fourth-order valence-corrected chi connectivity index (χ4v) is 1.30. The van der Waals surface area contributed by atoms with Crippen molar-refractivity contribution in [2.45, 2.75) is 13.0 Å². The summed E-state index contributed by atoms with van der Waals surface area (Å²) in [6, 6.07) is 3.77. The monoisotopic (exact) mass is 229 g/mol. The lowest BCUT2D eigenvalue weighted by molar-refractivity contribution is 0.0922. The molecule has 82 valence electrons. The summed E-state index contributed by atoms with van der Waals surface area (Å²) in [7, 11) is 0. The van der Waals surface area contributed by atoms with Gasteiger partial charge in [0.05, 0.1) is 17.2 Å². The fourth-order valence-electron chi connectivity index (χ4n) is 1.04. The van der Waals surface area contributed by atoms with Crippen LogP contribution in [0.4, 0.5) is 0 Å². The molecule has 15 heavy (non-hydrogen) atoms. The van der Waals surface area contributed by atoms with E-state index in [0.29, 0.717) is 0 Å². The minimum absolute atomic E-state index is 0.00626. The molecular weight excluding hydrogens is 218 g/mol. The highest BCUT2D eigenvalue weighted by Gasteiger charge is 2.12. The van der Waals surface area contributed by atoms with E-state index < -0.39 is 0 Å². The van der Waals surface area contributed by atoms with Crippen molar-refractivity contribution < 1.29 is 15.0 Å². The molecule has 1 aromatic carbocycles. The van der Waals surface area contributed by atoms with Gasteiger partial charge in [-0.2, -0.15) is 0 Å². The third-order valence-corrected chi connectivity index (χ3v) is 2.16. The molecule has 0 aliphatic rings. The predicted octanol–water partition coefficient (Wildman–Crippen LogP) is 1.16. The Hall–Kier alpha value is -1.26. The van der Waals surface area contributed by atoms with Gasteiger partial charge in [0.2, 0.25) is 0 Å². The van der Waals surface area contributed by atoms with Crippen LogP contribution in [-0.4, -0.2) is 28.8 Å². The smallest absolute Gasteiger partial charge is 0.253 e. The SMILES string of the molecule is CC(CO)NC(=O)c1ccc(O)cc1Cl. The van der Waals surface area contributed by atoms with Gasteiger partial charge in [0.1, 0.15) is 5.75 Å². The Balaban J connectivity index is 2.82. The van der Waals surface area contributed by atoms with E-state index >= 15 is 0 Å². The van der Waals surface area contributed by atoms with Gasteiger partial charge in [-0.1, -0.05) is 11.6 Å². The quantitative estimate of drug-likeness (QED) is 0.729. The molecule has 0 fully saturated rings. The number of phenols is 1. The topological polar surface area (TPSA) is 69.6 Å². The van der Waals surface area contributed by atoms with E-state index in [0.717, 1.165) is 0 Å². The molecule has 1 amide bonds. The molecule has 0 aromatic heterocycles. The largest absolute Gasteiger partial charge is 0.508 e. The maximum Gasteiger partial charge on any atom is 0.253 e. The summed E-state index contributed by atoms with van der Waals surface area (Å²) in [4.78, 5) is 11.6. The molecule has 0 saturated carbocycles. The average molecular weight is 230 g/mol. The highest BCUT2D eigenvalue weighted by atomic mass is 35.5. The van der Waals surface area contributed by atoms with E-state index in [-0.39, 0.29) is 34.9 Å². The second-order valence-corrected chi connectivity index (χ2v) is 3.63. The Kier molecular flexibility index (Phi) is 3.94. The Morgan fingerprint density at radius 1 is 1.60 bits per heavy atom. The van der Waals surface area contributed by atoms with Gasteiger partial charge in [-0.3, -0.25) is 4.79 Å². The van der Waals surface area contributed by atoms with Crippen molar-refractivity contribution in [3.05, 3.63) is 28.8 Å². The van der Waals surface area contributed by atoms with E-state index in [1.165, 1.54) is 18.2 Å². The van der Waals surface area contributed by atoms with Crippen LogP contribution in [0.15, 0.2) is 18.2 Å². The third kappa shape index (κ3) is 3.11. The number of hydrogen-bond acceptors (Lipinski definition) is 3. The highest BCUT2D eigenvalue weighted by Crippen LogP contribution is 2.21. The van der Waals surface area contributed by atoms with Crippen LogP contribution in [0.2, 0.25) is 5.02 Å². The van der Waals surface area contributed by atoms with E-state index in [1.54, 1.807) is 6.92 Å². The van der Waals surface area contributed by atoms with Gasteiger partial charge in [-0.05, 0) is 25.1 Å². The molecule has 1 unspecified atom stereocenters. The Morgan fingerprint density at radius 2 is 2.27 bits per heavy atom. The van der Waals surface area contributed by atoms with Crippen LogP contribution >= 0.6 is 11.6 Å². The predicted molar refractivity (Wildman–Crippen MR) is 57.1 cm³/mol. The number of halogens is 1. The first-order chi connectivity index (χ1) is 7.04. The van der Waals surface area contributed by atoms with Crippen molar-refractivity contribution >= 4 is 17.5 Å². The minimum Gasteiger partial charge on any atom is -0.508 e. The Morgan fingerprint density at radius 3 is 2.80 bits per heavy atom. The number of phenolic OH excluding ortho intramolecular Hbond substituents is 1. The summed E-state index contributed by atoms with van der Waals surface area (Å²) >= 11 is 5.77. The van der Waals surface area contributed by atoms with Gasteiger partial charge in [0.25, 0.3) is 5.91 Å². The van der Waals surface area contributed by atoms with Gasteiger partial charge in [-0.15, -0.1) is 0 Å². The van der Waals surface area contributed by atoms with Crippen molar-refractivity contribution in [1.82, 2.24) is 5.32 Å². The van der Waals surface area contributed by atoms with E-state index in [1.807, 2.05) is 0 Å². The molecular formula is C10H12ClNO3. The first-order valence-electron chi connectivity index (χ1n) is 4.45. The zero-order valence-corrected chi connectivity index (χ0v) is 8.95. The van der Waals surface area contributed by atoms with Crippen LogP contribution in [0.5, 0.6) is 5.75 Å². The number of aromatic hydroxyl groups is 1. The number of aliphatic hydroxyl groups excluding tert-OH is 1. The second-order valence-electron chi connectivity index (χ2n) is 3.22. The molecule has 0 heterocycles. The molecule has 5 heteroatoms. The van der Waals surface area contributed by atoms with Crippen LogP contribution in [0.3, 0.4) is 0 Å². The molecule has 0 spiro atoms. The fraction of sp³-hybridized carbons (Fsp3) is 0.300. The molecule has 1 rings (SSSR count). The molecule has 0 aliphatic heterocycles. The number of aliphatic hydroxyl groups is 1. The van der Waals surface area contributed by atoms with Gasteiger partial charge >= 0.3 is 0 Å². The number of hydrogen-bond donors (Lipinski definition) is 3. The van der Waals surface area contributed by atoms with E-state index in [9.17, 15) is 4.79 Å². The molecule has 1 aromatic rings. The van der Waals surface area contributed by atoms with Crippen LogP contribution < -0.4 is 5.32 Å².